The van der Waals surface area contributed by atoms with E-state index >= 15 is 0 Å². The average molecular weight is 182 g/mol. The summed E-state index contributed by atoms with van der Waals surface area (Å²) in [5.74, 6) is -0.197. The van der Waals surface area contributed by atoms with Crippen LogP contribution in [0.15, 0.2) is 0 Å². The Morgan fingerprint density at radius 3 is 3.00 bits per heavy atom. The lowest BCUT2D eigenvalue weighted by Crippen LogP contribution is -2.54. The molecule has 72 valence electrons. The maximum atomic E-state index is 11.0. The van der Waals surface area contributed by atoms with Crippen LogP contribution in [0, 0.1) is 11.3 Å². The van der Waals surface area contributed by atoms with Crippen LogP contribution >= 0.6 is 0 Å². The van der Waals surface area contributed by atoms with E-state index in [1.807, 2.05) is 18.7 Å². The maximum Gasteiger partial charge on any atom is 0.320 e. The van der Waals surface area contributed by atoms with E-state index in [4.69, 9.17) is 10.00 Å². The molecule has 0 aliphatic carbocycles. The second kappa shape index (κ2) is 3.75. The number of hydrogen-bond acceptors (Lipinski definition) is 4. The molecular formula is C9H14N2O2. The first-order valence-corrected chi connectivity index (χ1v) is 4.34. The van der Waals surface area contributed by atoms with Gasteiger partial charge in [-0.3, -0.25) is 9.69 Å². The van der Waals surface area contributed by atoms with Crippen molar-refractivity contribution in [2.24, 2.45) is 0 Å². The molecule has 4 heteroatoms. The van der Waals surface area contributed by atoms with Crippen LogP contribution in [-0.4, -0.2) is 36.1 Å². The van der Waals surface area contributed by atoms with E-state index in [2.05, 4.69) is 6.07 Å². The number of rotatable bonds is 2. The molecule has 1 saturated heterocycles. The van der Waals surface area contributed by atoms with Crippen molar-refractivity contribution < 1.29 is 9.53 Å². The summed E-state index contributed by atoms with van der Waals surface area (Å²) >= 11 is 0. The largest absolute Gasteiger partial charge is 0.463 e. The molecule has 0 N–H and O–H groups in total. The highest BCUT2D eigenvalue weighted by Crippen LogP contribution is 2.19. The van der Waals surface area contributed by atoms with Crippen LogP contribution in [0.5, 0.6) is 0 Å². The summed E-state index contributed by atoms with van der Waals surface area (Å²) in [5, 5.41) is 8.44. The number of carbonyl (C=O) groups is 1. The van der Waals surface area contributed by atoms with Gasteiger partial charge in [0.15, 0.2) is 0 Å². The molecule has 0 radical (unpaired) electrons. The fourth-order valence-corrected chi connectivity index (χ4v) is 1.33. The molecule has 0 aromatic carbocycles. The average Bonchev–Trinajstić information content (AvgIpc) is 2.07. The van der Waals surface area contributed by atoms with Gasteiger partial charge < -0.3 is 4.74 Å². The molecule has 0 saturated carbocycles. The SMILES string of the molecule is CC1(C)COC(=O)CN1CCC#N. The smallest absolute Gasteiger partial charge is 0.320 e. The first kappa shape index (κ1) is 10.0. The van der Waals surface area contributed by atoms with E-state index in [-0.39, 0.29) is 11.5 Å². The lowest BCUT2D eigenvalue weighted by atomic mass is 10.0. The highest BCUT2D eigenvalue weighted by molar-refractivity contribution is 5.72. The minimum atomic E-state index is -0.197. The number of esters is 1. The van der Waals surface area contributed by atoms with Crippen molar-refractivity contribution >= 4 is 5.97 Å². The van der Waals surface area contributed by atoms with E-state index < -0.39 is 0 Å². The summed E-state index contributed by atoms with van der Waals surface area (Å²) in [7, 11) is 0. The summed E-state index contributed by atoms with van der Waals surface area (Å²) in [6, 6.07) is 2.07. The third-order valence-electron chi connectivity index (χ3n) is 2.26. The van der Waals surface area contributed by atoms with Gasteiger partial charge in [0.25, 0.3) is 0 Å². The van der Waals surface area contributed by atoms with Crippen molar-refractivity contribution in [3.8, 4) is 6.07 Å². The van der Waals surface area contributed by atoms with Crippen molar-refractivity contribution in [1.29, 1.82) is 5.26 Å². The van der Waals surface area contributed by atoms with Gasteiger partial charge in [-0.1, -0.05) is 0 Å². The molecule has 0 unspecified atom stereocenters. The monoisotopic (exact) mass is 182 g/mol. The van der Waals surface area contributed by atoms with Gasteiger partial charge >= 0.3 is 5.97 Å². The highest BCUT2D eigenvalue weighted by Gasteiger charge is 2.34. The third kappa shape index (κ3) is 2.43. The fraction of sp³-hybridized carbons (Fsp3) is 0.778. The first-order valence-electron chi connectivity index (χ1n) is 4.34. The predicted molar refractivity (Wildman–Crippen MR) is 46.8 cm³/mol. The molecule has 1 rings (SSSR count). The number of nitriles is 1. The molecule has 0 aromatic heterocycles. The van der Waals surface area contributed by atoms with Crippen molar-refractivity contribution in [3.05, 3.63) is 0 Å². The molecular weight excluding hydrogens is 168 g/mol. The minimum absolute atomic E-state index is 0.134. The van der Waals surface area contributed by atoms with Crippen LogP contribution in [-0.2, 0) is 9.53 Å². The van der Waals surface area contributed by atoms with E-state index in [0.717, 1.165) is 0 Å². The number of carbonyl (C=O) groups excluding carboxylic acids is 1. The highest BCUT2D eigenvalue weighted by atomic mass is 16.5. The molecule has 0 aromatic rings. The molecule has 1 fully saturated rings. The van der Waals surface area contributed by atoms with Crippen molar-refractivity contribution in [3.63, 3.8) is 0 Å². The van der Waals surface area contributed by atoms with Crippen LogP contribution in [0.3, 0.4) is 0 Å². The maximum absolute atomic E-state index is 11.0. The first-order chi connectivity index (χ1) is 6.06. The molecule has 1 heterocycles. The number of ether oxygens (including phenoxy) is 1. The zero-order chi connectivity index (χ0) is 9.90. The zero-order valence-corrected chi connectivity index (χ0v) is 8.04. The minimum Gasteiger partial charge on any atom is -0.463 e. The Labute approximate surface area is 78.1 Å². The summed E-state index contributed by atoms with van der Waals surface area (Å²) in [6.45, 7) is 5.37. The van der Waals surface area contributed by atoms with Gasteiger partial charge in [-0.05, 0) is 13.8 Å². The van der Waals surface area contributed by atoms with E-state index in [0.29, 0.717) is 26.1 Å². The molecule has 0 atom stereocenters. The number of hydrogen-bond donors (Lipinski definition) is 0. The van der Waals surface area contributed by atoms with Crippen LogP contribution < -0.4 is 0 Å². The Balaban J connectivity index is 2.56. The zero-order valence-electron chi connectivity index (χ0n) is 8.04. The predicted octanol–water partition coefficient (Wildman–Crippen LogP) is 0.537. The number of morpholine rings is 1. The summed E-state index contributed by atoms with van der Waals surface area (Å²) < 4.78 is 4.94. The van der Waals surface area contributed by atoms with Crippen molar-refractivity contribution in [2.45, 2.75) is 25.8 Å². The Bertz CT molecular complexity index is 242. The van der Waals surface area contributed by atoms with Gasteiger partial charge in [0, 0.05) is 13.0 Å². The van der Waals surface area contributed by atoms with Crippen LogP contribution in [0.4, 0.5) is 0 Å². The molecule has 1 aliphatic heterocycles. The van der Waals surface area contributed by atoms with Gasteiger partial charge in [0.05, 0.1) is 18.2 Å². The molecule has 0 bridgehead atoms. The molecule has 0 amide bonds. The van der Waals surface area contributed by atoms with Gasteiger partial charge in [-0.2, -0.15) is 5.26 Å². The molecule has 13 heavy (non-hydrogen) atoms. The third-order valence-corrected chi connectivity index (χ3v) is 2.26. The lowest BCUT2D eigenvalue weighted by molar-refractivity contribution is -0.159. The van der Waals surface area contributed by atoms with Crippen molar-refractivity contribution in [1.82, 2.24) is 4.90 Å². The summed E-state index contributed by atoms with van der Waals surface area (Å²) in [4.78, 5) is 13.0. The summed E-state index contributed by atoms with van der Waals surface area (Å²) in [6.07, 6.45) is 0.455. The Morgan fingerprint density at radius 2 is 2.38 bits per heavy atom. The van der Waals surface area contributed by atoms with E-state index in [9.17, 15) is 4.79 Å². The van der Waals surface area contributed by atoms with E-state index in [1.54, 1.807) is 0 Å². The van der Waals surface area contributed by atoms with Gasteiger partial charge in [-0.25, -0.2) is 0 Å². The Hall–Kier alpha value is -1.08. The number of cyclic esters (lactones) is 1. The number of nitrogens with zero attached hydrogens (tertiary/aromatic N) is 2. The molecule has 4 nitrogen and oxygen atoms in total. The second-order valence-electron chi connectivity index (χ2n) is 3.80. The quantitative estimate of drug-likeness (QED) is 0.585. The van der Waals surface area contributed by atoms with Gasteiger partial charge in [0.2, 0.25) is 0 Å². The Morgan fingerprint density at radius 1 is 1.69 bits per heavy atom. The molecule has 1 aliphatic rings. The van der Waals surface area contributed by atoms with Crippen LogP contribution in [0.1, 0.15) is 20.3 Å². The van der Waals surface area contributed by atoms with Gasteiger partial charge in [-0.15, -0.1) is 0 Å². The molecule has 0 spiro atoms. The van der Waals surface area contributed by atoms with Crippen LogP contribution in [0.2, 0.25) is 0 Å². The van der Waals surface area contributed by atoms with Crippen molar-refractivity contribution in [2.75, 3.05) is 19.7 Å². The van der Waals surface area contributed by atoms with Gasteiger partial charge in [0.1, 0.15) is 6.61 Å². The lowest BCUT2D eigenvalue weighted by Gasteiger charge is -2.40. The Kier molecular flexibility index (Phi) is 2.89. The topological polar surface area (TPSA) is 53.3 Å². The normalized spacial score (nSPS) is 22.1. The van der Waals surface area contributed by atoms with E-state index in [1.165, 1.54) is 0 Å². The second-order valence-corrected chi connectivity index (χ2v) is 3.80. The standard InChI is InChI=1S/C9H14N2O2/c1-9(2)7-13-8(12)6-11(9)5-3-4-10/h3,5-7H2,1-2H3. The summed E-state index contributed by atoms with van der Waals surface area (Å²) in [5.41, 5.74) is -0.134. The fourth-order valence-electron chi connectivity index (χ4n) is 1.33. The van der Waals surface area contributed by atoms with Crippen LogP contribution in [0.25, 0.3) is 0 Å².